The zero-order valence-electron chi connectivity index (χ0n) is 51.4. The topological polar surface area (TPSA) is 189 Å². The summed E-state index contributed by atoms with van der Waals surface area (Å²) in [6, 6.07) is -1.16. The largest absolute Gasteiger partial charge is 0.394 e. The van der Waals surface area contributed by atoms with Crippen LogP contribution in [0.25, 0.3) is 0 Å². The molecule has 0 aromatic carbocycles. The van der Waals surface area contributed by atoms with Crippen LogP contribution >= 0.6 is 0 Å². The number of amides is 1. The number of nitrogens with one attached hydrogen (secondary N) is 1. The Hall–Kier alpha value is -0.890. The summed E-state index contributed by atoms with van der Waals surface area (Å²) in [6.07, 6.45) is 56.1. The van der Waals surface area contributed by atoms with Gasteiger partial charge in [0.25, 0.3) is 0 Å². The van der Waals surface area contributed by atoms with Crippen LogP contribution in [0.1, 0.15) is 354 Å². The van der Waals surface area contributed by atoms with E-state index in [1.807, 2.05) is 0 Å². The molecule has 78 heavy (non-hydrogen) atoms. The standard InChI is InChI=1S/C67H133NO10/c1-3-5-7-9-11-13-15-17-19-21-23-25-27-28-29-30-31-32-33-35-37-39-41-43-45-47-49-51-53-55-60(71)66(76)68-58(57-77-67-65(75)64(74)63(73)61(56-69)78-67)62(72)59(70)54-52-50-48-46-44-42-40-38-36-34-26-24-22-20-18-16-14-12-10-8-6-4-2/h58-65,67,69-75H,3-57H2,1-2H3,(H,68,76). The molecule has 0 saturated carbocycles. The predicted octanol–water partition coefficient (Wildman–Crippen LogP) is 16.1. The molecule has 9 atom stereocenters. The summed E-state index contributed by atoms with van der Waals surface area (Å²) in [6.45, 7) is 3.52. The van der Waals surface area contributed by atoms with Gasteiger partial charge in [-0.25, -0.2) is 0 Å². The van der Waals surface area contributed by atoms with Crippen molar-refractivity contribution in [2.24, 2.45) is 0 Å². The molecule has 1 saturated heterocycles. The lowest BCUT2D eigenvalue weighted by atomic mass is 9.98. The number of aliphatic hydroxyl groups excluding tert-OH is 7. The van der Waals surface area contributed by atoms with E-state index in [0.29, 0.717) is 19.3 Å². The van der Waals surface area contributed by atoms with Gasteiger partial charge in [0.05, 0.1) is 25.4 Å². The maximum atomic E-state index is 13.2. The van der Waals surface area contributed by atoms with Gasteiger partial charge in [-0.15, -0.1) is 0 Å². The van der Waals surface area contributed by atoms with Gasteiger partial charge in [0.2, 0.25) is 5.91 Å². The van der Waals surface area contributed by atoms with Crippen LogP contribution in [-0.2, 0) is 14.3 Å². The first-order valence-corrected chi connectivity index (χ1v) is 34.4. The molecule has 11 nitrogen and oxygen atoms in total. The van der Waals surface area contributed by atoms with Crippen molar-refractivity contribution in [2.75, 3.05) is 13.2 Å². The quantitative estimate of drug-likeness (QED) is 0.0272. The van der Waals surface area contributed by atoms with Gasteiger partial charge in [-0.05, 0) is 12.8 Å². The van der Waals surface area contributed by atoms with E-state index in [1.54, 1.807) is 0 Å². The maximum Gasteiger partial charge on any atom is 0.249 e. The van der Waals surface area contributed by atoms with E-state index in [-0.39, 0.29) is 6.42 Å². The van der Waals surface area contributed by atoms with Crippen LogP contribution in [0.3, 0.4) is 0 Å². The van der Waals surface area contributed by atoms with Crippen LogP contribution < -0.4 is 5.32 Å². The molecule has 466 valence electrons. The Balaban J connectivity index is 2.19. The molecule has 1 rings (SSSR count). The highest BCUT2D eigenvalue weighted by molar-refractivity contribution is 5.80. The van der Waals surface area contributed by atoms with Crippen molar-refractivity contribution >= 4 is 5.91 Å². The van der Waals surface area contributed by atoms with Gasteiger partial charge in [-0.3, -0.25) is 4.79 Å². The molecule has 0 aliphatic carbocycles. The summed E-state index contributed by atoms with van der Waals surface area (Å²) in [4.78, 5) is 13.2. The third kappa shape index (κ3) is 43.7. The third-order valence-electron chi connectivity index (χ3n) is 17.2. The van der Waals surface area contributed by atoms with Gasteiger partial charge in [-0.1, -0.05) is 341 Å². The van der Waals surface area contributed by atoms with Gasteiger partial charge >= 0.3 is 0 Å². The van der Waals surface area contributed by atoms with E-state index in [9.17, 15) is 40.5 Å². The highest BCUT2D eigenvalue weighted by Gasteiger charge is 2.44. The first-order valence-electron chi connectivity index (χ1n) is 34.4. The second-order valence-corrected chi connectivity index (χ2v) is 24.6. The molecule has 1 amide bonds. The predicted molar refractivity (Wildman–Crippen MR) is 326 cm³/mol. The van der Waals surface area contributed by atoms with Crippen molar-refractivity contribution in [3.8, 4) is 0 Å². The van der Waals surface area contributed by atoms with Gasteiger partial charge in [0.1, 0.15) is 36.6 Å². The molecule has 1 aliphatic rings. The summed E-state index contributed by atoms with van der Waals surface area (Å²) in [5.41, 5.74) is 0. The van der Waals surface area contributed by atoms with Crippen LogP contribution in [-0.4, -0.2) is 110 Å². The second kappa shape index (κ2) is 56.6. The average Bonchev–Trinajstić information content (AvgIpc) is 3.46. The molecular formula is C67H133NO10. The van der Waals surface area contributed by atoms with E-state index >= 15 is 0 Å². The lowest BCUT2D eigenvalue weighted by Crippen LogP contribution is -2.60. The molecule has 9 unspecified atom stereocenters. The second-order valence-electron chi connectivity index (χ2n) is 24.6. The highest BCUT2D eigenvalue weighted by atomic mass is 16.7. The minimum atomic E-state index is -1.66. The number of hydrogen-bond donors (Lipinski definition) is 8. The molecule has 0 bridgehead atoms. The van der Waals surface area contributed by atoms with E-state index in [4.69, 9.17) is 9.47 Å². The Morgan fingerprint density at radius 1 is 0.397 bits per heavy atom. The average molecular weight is 1110 g/mol. The zero-order valence-corrected chi connectivity index (χ0v) is 51.4. The molecule has 1 aliphatic heterocycles. The fraction of sp³-hybridized carbons (Fsp3) is 0.985. The maximum absolute atomic E-state index is 13.2. The van der Waals surface area contributed by atoms with Crippen LogP contribution in [0.4, 0.5) is 0 Å². The monoisotopic (exact) mass is 1110 g/mol. The highest BCUT2D eigenvalue weighted by Crippen LogP contribution is 2.24. The Kier molecular flexibility index (Phi) is 54.5. The number of carbonyl (C=O) groups excluding carboxylic acids is 1. The Morgan fingerprint density at radius 3 is 0.949 bits per heavy atom. The van der Waals surface area contributed by atoms with Crippen LogP contribution in [0.5, 0.6) is 0 Å². The van der Waals surface area contributed by atoms with Gasteiger partial charge < -0.3 is 50.5 Å². The SMILES string of the molecule is CCCCCCCCCCCCCCCCCCCCCCCCCCCCCCCC(O)C(=O)NC(COC1OC(CO)C(O)C(O)C1O)C(O)C(O)CCCCCCCCCCCCCCCCCCCCCCCC. The van der Waals surface area contributed by atoms with Crippen LogP contribution in [0, 0.1) is 0 Å². The third-order valence-corrected chi connectivity index (χ3v) is 17.2. The van der Waals surface area contributed by atoms with Gasteiger partial charge in [-0.2, -0.15) is 0 Å². The number of aliphatic hydroxyl groups is 7. The lowest BCUT2D eigenvalue weighted by Gasteiger charge is -2.40. The van der Waals surface area contributed by atoms with E-state index in [1.165, 1.54) is 276 Å². The van der Waals surface area contributed by atoms with Gasteiger partial charge in [0.15, 0.2) is 6.29 Å². The van der Waals surface area contributed by atoms with Crippen molar-refractivity contribution in [1.29, 1.82) is 0 Å². The van der Waals surface area contributed by atoms with Crippen molar-refractivity contribution in [3.05, 3.63) is 0 Å². The number of ether oxygens (including phenoxy) is 2. The van der Waals surface area contributed by atoms with E-state index in [2.05, 4.69) is 19.2 Å². The van der Waals surface area contributed by atoms with Crippen molar-refractivity contribution < 1.29 is 50.0 Å². The molecule has 0 spiro atoms. The first-order chi connectivity index (χ1) is 38.2. The van der Waals surface area contributed by atoms with Crippen LogP contribution in [0.2, 0.25) is 0 Å². The molecule has 0 aromatic rings. The molecule has 0 radical (unpaired) electrons. The number of carbonyl (C=O) groups is 1. The normalized spacial score (nSPS) is 19.3. The summed E-state index contributed by atoms with van der Waals surface area (Å²) < 4.78 is 11.2. The van der Waals surface area contributed by atoms with E-state index in [0.717, 1.165) is 38.5 Å². The molecule has 1 fully saturated rings. The smallest absolute Gasteiger partial charge is 0.249 e. The zero-order chi connectivity index (χ0) is 56.8. The first kappa shape index (κ1) is 75.1. The molecule has 11 heteroatoms. The van der Waals surface area contributed by atoms with Crippen LogP contribution in [0.15, 0.2) is 0 Å². The molecule has 0 aromatic heterocycles. The molecule has 8 N–H and O–H groups in total. The number of unbranched alkanes of at least 4 members (excludes halogenated alkanes) is 49. The number of hydrogen-bond acceptors (Lipinski definition) is 10. The minimum Gasteiger partial charge on any atom is -0.394 e. The number of rotatable bonds is 61. The summed E-state index contributed by atoms with van der Waals surface area (Å²) in [5.74, 6) is -0.687. The molecular weight excluding hydrogens is 979 g/mol. The lowest BCUT2D eigenvalue weighted by molar-refractivity contribution is -0.303. The summed E-state index contributed by atoms with van der Waals surface area (Å²) in [7, 11) is 0. The van der Waals surface area contributed by atoms with Crippen molar-refractivity contribution in [1.82, 2.24) is 5.32 Å². The summed E-state index contributed by atoms with van der Waals surface area (Å²) in [5, 5.41) is 76.5. The molecule has 1 heterocycles. The Labute approximate surface area is 481 Å². The summed E-state index contributed by atoms with van der Waals surface area (Å²) >= 11 is 0. The Morgan fingerprint density at radius 2 is 0.667 bits per heavy atom. The fourth-order valence-corrected chi connectivity index (χ4v) is 11.6. The fourth-order valence-electron chi connectivity index (χ4n) is 11.6. The minimum absolute atomic E-state index is 0.268. The van der Waals surface area contributed by atoms with Crippen molar-refractivity contribution in [2.45, 2.75) is 409 Å². The van der Waals surface area contributed by atoms with Gasteiger partial charge in [0, 0.05) is 0 Å². The van der Waals surface area contributed by atoms with E-state index < -0.39 is 74.2 Å². The Bertz CT molecular complexity index is 1230. The van der Waals surface area contributed by atoms with Crippen molar-refractivity contribution in [3.63, 3.8) is 0 Å².